The first-order chi connectivity index (χ1) is 12.4. The maximum atomic E-state index is 13.0. The molecule has 0 unspecified atom stereocenters. The van der Waals surface area contributed by atoms with Crippen LogP contribution in [0.4, 0.5) is 17.6 Å². The standard InChI is InChI=1S/C14H12F4N2O4S3/c1-7-5-8(2)20-14(19-7)25-10-4-3-9(26(21,22)12(15)16)6-11(10)27(23,24)13(17)18/h3-6,12-13H,1-2H3. The summed E-state index contributed by atoms with van der Waals surface area (Å²) in [5, 5.41) is 0.0303. The average Bonchev–Trinajstić information content (AvgIpc) is 2.53. The quantitative estimate of drug-likeness (QED) is 0.499. The molecule has 0 saturated carbocycles. The molecule has 6 nitrogen and oxygen atoms in total. The Morgan fingerprint density at radius 1 is 0.852 bits per heavy atom. The molecule has 0 bridgehead atoms. The van der Waals surface area contributed by atoms with Crippen molar-refractivity contribution < 1.29 is 34.4 Å². The van der Waals surface area contributed by atoms with Crippen molar-refractivity contribution in [1.82, 2.24) is 9.97 Å². The number of rotatable bonds is 6. The summed E-state index contributed by atoms with van der Waals surface area (Å²) >= 11 is 0.598. The summed E-state index contributed by atoms with van der Waals surface area (Å²) in [6.07, 6.45) is 0. The van der Waals surface area contributed by atoms with Crippen molar-refractivity contribution in [2.24, 2.45) is 0 Å². The number of halogens is 4. The molecule has 27 heavy (non-hydrogen) atoms. The van der Waals surface area contributed by atoms with E-state index in [-0.39, 0.29) is 10.1 Å². The van der Waals surface area contributed by atoms with Crippen LogP contribution < -0.4 is 0 Å². The summed E-state index contributed by atoms with van der Waals surface area (Å²) in [7, 11) is -10.4. The van der Waals surface area contributed by atoms with Gasteiger partial charge >= 0.3 is 11.5 Å². The minimum Gasteiger partial charge on any atom is -0.228 e. The zero-order chi connectivity index (χ0) is 20.6. The smallest absolute Gasteiger partial charge is 0.228 e. The number of benzene rings is 1. The minimum absolute atomic E-state index is 0.0303. The van der Waals surface area contributed by atoms with Gasteiger partial charge in [-0.2, -0.15) is 17.6 Å². The second-order valence-electron chi connectivity index (χ2n) is 5.26. The molecule has 0 fully saturated rings. The van der Waals surface area contributed by atoms with Gasteiger partial charge in [-0.3, -0.25) is 0 Å². The summed E-state index contributed by atoms with van der Waals surface area (Å²) in [5.74, 6) is -7.71. The first-order valence-electron chi connectivity index (χ1n) is 7.04. The zero-order valence-corrected chi connectivity index (χ0v) is 16.2. The summed E-state index contributed by atoms with van der Waals surface area (Å²) in [6, 6.07) is 3.50. The van der Waals surface area contributed by atoms with Crippen molar-refractivity contribution in [3.05, 3.63) is 35.7 Å². The van der Waals surface area contributed by atoms with Gasteiger partial charge in [0.05, 0.1) is 9.79 Å². The molecule has 2 aromatic rings. The second-order valence-corrected chi connectivity index (χ2v) is 10.1. The van der Waals surface area contributed by atoms with Gasteiger partial charge in [-0.1, -0.05) is 0 Å². The molecular formula is C14H12F4N2O4S3. The third-order valence-electron chi connectivity index (χ3n) is 3.18. The van der Waals surface area contributed by atoms with Crippen molar-refractivity contribution in [3.8, 4) is 0 Å². The van der Waals surface area contributed by atoms with Crippen LogP contribution in [0.3, 0.4) is 0 Å². The largest absolute Gasteiger partial charge is 0.341 e. The van der Waals surface area contributed by atoms with E-state index in [9.17, 15) is 34.4 Å². The van der Waals surface area contributed by atoms with Gasteiger partial charge in [0.1, 0.15) is 0 Å². The Balaban J connectivity index is 2.67. The summed E-state index contributed by atoms with van der Waals surface area (Å²) in [5.41, 5.74) is 1.06. The Morgan fingerprint density at radius 2 is 1.37 bits per heavy atom. The van der Waals surface area contributed by atoms with Gasteiger partial charge in [-0.25, -0.2) is 26.8 Å². The van der Waals surface area contributed by atoms with Crippen LogP contribution in [0.2, 0.25) is 0 Å². The predicted molar refractivity (Wildman–Crippen MR) is 88.5 cm³/mol. The second kappa shape index (κ2) is 7.72. The fraction of sp³-hybridized carbons (Fsp3) is 0.286. The number of sulfone groups is 2. The van der Waals surface area contributed by atoms with Crippen molar-refractivity contribution in [3.63, 3.8) is 0 Å². The van der Waals surface area contributed by atoms with Gasteiger partial charge in [-0.15, -0.1) is 0 Å². The highest BCUT2D eigenvalue weighted by molar-refractivity contribution is 8.00. The van der Waals surface area contributed by atoms with Crippen LogP contribution in [0.1, 0.15) is 11.4 Å². The third-order valence-corrected chi connectivity index (χ3v) is 7.05. The van der Waals surface area contributed by atoms with E-state index < -0.39 is 41.0 Å². The molecule has 0 N–H and O–H groups in total. The van der Waals surface area contributed by atoms with E-state index in [1.165, 1.54) is 0 Å². The van der Waals surface area contributed by atoms with Crippen molar-refractivity contribution in [1.29, 1.82) is 0 Å². The van der Waals surface area contributed by atoms with Gasteiger partial charge in [0.15, 0.2) is 5.16 Å². The van der Waals surface area contributed by atoms with Gasteiger partial charge in [0.2, 0.25) is 19.7 Å². The molecule has 2 rings (SSSR count). The third kappa shape index (κ3) is 4.58. The summed E-state index contributed by atoms with van der Waals surface area (Å²) < 4.78 is 98.5. The number of hydrogen-bond donors (Lipinski definition) is 0. The fourth-order valence-electron chi connectivity index (χ4n) is 2.01. The maximum Gasteiger partial charge on any atom is 0.341 e. The molecule has 0 radical (unpaired) electrons. The van der Waals surface area contributed by atoms with Crippen LogP contribution >= 0.6 is 11.8 Å². The number of aryl methyl sites for hydroxylation is 2. The number of aromatic nitrogens is 2. The lowest BCUT2D eigenvalue weighted by molar-refractivity contribution is 0.234. The van der Waals surface area contributed by atoms with Gasteiger partial charge in [0, 0.05) is 16.3 Å². The summed E-state index contributed by atoms with van der Waals surface area (Å²) in [4.78, 5) is 5.57. The molecule has 0 amide bonds. The van der Waals surface area contributed by atoms with E-state index >= 15 is 0 Å². The molecular weight excluding hydrogens is 432 g/mol. The lowest BCUT2D eigenvalue weighted by Crippen LogP contribution is -2.16. The van der Waals surface area contributed by atoms with Crippen LogP contribution in [-0.4, -0.2) is 38.3 Å². The lowest BCUT2D eigenvalue weighted by atomic mass is 10.4. The topological polar surface area (TPSA) is 94.1 Å². The highest BCUT2D eigenvalue weighted by Gasteiger charge is 2.33. The average molecular weight is 444 g/mol. The molecule has 13 heteroatoms. The number of hydrogen-bond acceptors (Lipinski definition) is 7. The van der Waals surface area contributed by atoms with Gasteiger partial charge < -0.3 is 0 Å². The van der Waals surface area contributed by atoms with E-state index in [2.05, 4.69) is 9.97 Å². The van der Waals surface area contributed by atoms with Crippen LogP contribution in [-0.2, 0) is 19.7 Å². The zero-order valence-electron chi connectivity index (χ0n) is 13.7. The fourth-order valence-corrected chi connectivity index (χ4v) is 5.01. The van der Waals surface area contributed by atoms with E-state index in [0.717, 1.165) is 12.1 Å². The van der Waals surface area contributed by atoms with Gasteiger partial charge in [0.25, 0.3) is 0 Å². The van der Waals surface area contributed by atoms with E-state index in [4.69, 9.17) is 0 Å². The molecule has 0 saturated heterocycles. The molecule has 1 aromatic carbocycles. The molecule has 0 aliphatic rings. The maximum absolute atomic E-state index is 13.0. The number of alkyl halides is 4. The highest BCUT2D eigenvalue weighted by Crippen LogP contribution is 2.35. The molecule has 0 aliphatic carbocycles. The molecule has 0 aliphatic heterocycles. The Labute approximate surface area is 156 Å². The Kier molecular flexibility index (Phi) is 6.16. The molecule has 1 heterocycles. The Hall–Kier alpha value is -1.73. The van der Waals surface area contributed by atoms with Crippen LogP contribution in [0.5, 0.6) is 0 Å². The molecule has 0 spiro atoms. The number of nitrogens with zero attached hydrogens (tertiary/aromatic N) is 2. The van der Waals surface area contributed by atoms with E-state index in [1.807, 2.05) is 0 Å². The molecule has 148 valence electrons. The van der Waals surface area contributed by atoms with E-state index in [0.29, 0.717) is 29.2 Å². The van der Waals surface area contributed by atoms with Crippen molar-refractivity contribution in [2.45, 2.75) is 45.2 Å². The minimum atomic E-state index is -5.28. The normalized spacial score (nSPS) is 12.7. The first-order valence-corrected chi connectivity index (χ1v) is 10.9. The first kappa shape index (κ1) is 21.6. The highest BCUT2D eigenvalue weighted by atomic mass is 32.2. The predicted octanol–water partition coefficient (Wildman–Crippen LogP) is 3.24. The van der Waals surface area contributed by atoms with Gasteiger partial charge in [-0.05, 0) is 49.9 Å². The Bertz CT molecular complexity index is 1050. The van der Waals surface area contributed by atoms with Crippen molar-refractivity contribution >= 4 is 31.4 Å². The Morgan fingerprint density at radius 3 is 1.85 bits per heavy atom. The van der Waals surface area contributed by atoms with E-state index in [1.54, 1.807) is 19.9 Å². The van der Waals surface area contributed by atoms with Crippen LogP contribution in [0.25, 0.3) is 0 Å². The monoisotopic (exact) mass is 444 g/mol. The molecule has 1 aromatic heterocycles. The van der Waals surface area contributed by atoms with Crippen molar-refractivity contribution in [2.75, 3.05) is 0 Å². The lowest BCUT2D eigenvalue weighted by Gasteiger charge is -2.12. The SMILES string of the molecule is Cc1cc(C)nc(Sc2ccc(S(=O)(=O)C(F)F)cc2S(=O)(=O)C(F)F)n1. The molecule has 0 atom stereocenters. The van der Waals surface area contributed by atoms with Crippen LogP contribution in [0.15, 0.2) is 44.1 Å². The summed E-state index contributed by atoms with van der Waals surface area (Å²) in [6.45, 7) is 3.27. The van der Waals surface area contributed by atoms with Crippen LogP contribution in [0, 0.1) is 13.8 Å².